The van der Waals surface area contributed by atoms with Gasteiger partial charge in [-0.15, -0.1) is 0 Å². The summed E-state index contributed by atoms with van der Waals surface area (Å²) in [6.07, 6.45) is 0. The van der Waals surface area contributed by atoms with Crippen LogP contribution in [0.15, 0.2) is 18.2 Å². The van der Waals surface area contributed by atoms with E-state index in [1.54, 1.807) is 12.1 Å². The monoisotopic (exact) mass is 308 g/mol. The number of rotatable bonds is 3. The minimum absolute atomic E-state index is 0.00121. The second kappa shape index (κ2) is 5.57. The largest absolute Gasteiger partial charge is 0.389 e. The summed E-state index contributed by atoms with van der Waals surface area (Å²) in [5.41, 5.74) is 6.86. The van der Waals surface area contributed by atoms with Gasteiger partial charge in [-0.25, -0.2) is 9.18 Å². The van der Waals surface area contributed by atoms with Crippen LogP contribution in [0.4, 0.5) is 9.18 Å². The second-order valence-corrected chi connectivity index (χ2v) is 5.88. The van der Waals surface area contributed by atoms with Crippen molar-refractivity contribution in [1.82, 2.24) is 15.1 Å². The van der Waals surface area contributed by atoms with Crippen LogP contribution in [0.3, 0.4) is 0 Å². The van der Waals surface area contributed by atoms with E-state index >= 15 is 0 Å². The number of fused-ring (bicyclic) bond motifs is 1. The molecule has 2 aliphatic heterocycles. The molecule has 1 aromatic rings. The molecular formula is C14H17FN4OS. The second-order valence-electron chi connectivity index (χ2n) is 5.44. The van der Waals surface area contributed by atoms with Crippen molar-refractivity contribution in [2.75, 3.05) is 26.2 Å². The molecule has 2 amide bonds. The first kappa shape index (κ1) is 14.2. The van der Waals surface area contributed by atoms with Crippen LogP contribution in [0.25, 0.3) is 0 Å². The highest BCUT2D eigenvalue weighted by atomic mass is 32.1. The Kier molecular flexibility index (Phi) is 3.77. The highest BCUT2D eigenvalue weighted by molar-refractivity contribution is 7.80. The van der Waals surface area contributed by atoms with Crippen molar-refractivity contribution in [2.45, 2.75) is 12.6 Å². The number of amides is 2. The molecule has 21 heavy (non-hydrogen) atoms. The van der Waals surface area contributed by atoms with E-state index in [0.29, 0.717) is 30.8 Å². The highest BCUT2D eigenvalue weighted by Crippen LogP contribution is 2.18. The van der Waals surface area contributed by atoms with Gasteiger partial charge in [0.1, 0.15) is 10.8 Å². The first-order valence-electron chi connectivity index (χ1n) is 6.89. The van der Waals surface area contributed by atoms with Crippen molar-refractivity contribution in [3.05, 3.63) is 35.1 Å². The van der Waals surface area contributed by atoms with E-state index in [1.807, 2.05) is 4.90 Å². The molecule has 0 radical (unpaired) electrons. The van der Waals surface area contributed by atoms with Gasteiger partial charge in [-0.05, 0) is 18.2 Å². The van der Waals surface area contributed by atoms with Gasteiger partial charge in [0.25, 0.3) is 0 Å². The smallest absolute Gasteiger partial charge is 0.317 e. The van der Waals surface area contributed by atoms with Crippen molar-refractivity contribution in [3.8, 4) is 0 Å². The van der Waals surface area contributed by atoms with E-state index in [1.165, 1.54) is 6.07 Å². The van der Waals surface area contributed by atoms with E-state index < -0.39 is 0 Å². The SMILES string of the molecule is NC(=S)c1ccc(F)c(CN2CCN3C(=O)NCC3C2)c1. The quantitative estimate of drug-likeness (QED) is 0.806. The molecule has 1 unspecified atom stereocenters. The zero-order valence-electron chi connectivity index (χ0n) is 11.5. The third-order valence-corrected chi connectivity index (χ3v) is 4.28. The van der Waals surface area contributed by atoms with Gasteiger partial charge in [0.2, 0.25) is 0 Å². The van der Waals surface area contributed by atoms with Crippen LogP contribution < -0.4 is 11.1 Å². The summed E-state index contributed by atoms with van der Waals surface area (Å²) in [5.74, 6) is -0.252. The first-order valence-corrected chi connectivity index (χ1v) is 7.30. The standard InChI is InChI=1S/C14H17FN4OS/c15-12-2-1-9(13(16)21)5-10(12)7-18-3-4-19-11(8-18)6-17-14(19)20/h1-2,5,11H,3-4,6-8H2,(H2,16,21)(H,17,20). The number of urea groups is 1. The lowest BCUT2D eigenvalue weighted by Crippen LogP contribution is -2.51. The van der Waals surface area contributed by atoms with Crippen LogP contribution in [0.1, 0.15) is 11.1 Å². The fourth-order valence-corrected chi connectivity index (χ4v) is 3.03. The number of nitrogens with one attached hydrogen (secondary N) is 1. The zero-order chi connectivity index (χ0) is 15.0. The molecule has 2 saturated heterocycles. The minimum atomic E-state index is -0.252. The molecule has 1 aromatic carbocycles. The Morgan fingerprint density at radius 1 is 1.48 bits per heavy atom. The van der Waals surface area contributed by atoms with Gasteiger partial charge in [-0.1, -0.05) is 12.2 Å². The Balaban J connectivity index is 1.71. The summed E-state index contributed by atoms with van der Waals surface area (Å²) in [6, 6.07) is 4.89. The molecule has 5 nitrogen and oxygen atoms in total. The molecule has 112 valence electrons. The summed E-state index contributed by atoms with van der Waals surface area (Å²) in [5, 5.41) is 2.83. The fraction of sp³-hybridized carbons (Fsp3) is 0.429. The van der Waals surface area contributed by atoms with E-state index in [2.05, 4.69) is 10.2 Å². The molecule has 7 heteroatoms. The van der Waals surface area contributed by atoms with E-state index in [-0.39, 0.29) is 22.9 Å². The van der Waals surface area contributed by atoms with E-state index in [4.69, 9.17) is 18.0 Å². The molecule has 2 aliphatic rings. The van der Waals surface area contributed by atoms with Crippen LogP contribution >= 0.6 is 12.2 Å². The number of hydrogen-bond donors (Lipinski definition) is 2. The Bertz CT molecular complexity index is 594. The number of nitrogens with zero attached hydrogens (tertiary/aromatic N) is 2. The third kappa shape index (κ3) is 2.84. The Hall–Kier alpha value is -1.73. The number of nitrogens with two attached hydrogens (primary N) is 1. The van der Waals surface area contributed by atoms with Crippen molar-refractivity contribution >= 4 is 23.2 Å². The maximum absolute atomic E-state index is 13.9. The van der Waals surface area contributed by atoms with Gasteiger partial charge in [0.05, 0.1) is 6.04 Å². The number of carbonyl (C=O) groups excluding carboxylic acids is 1. The molecule has 3 N–H and O–H groups in total. The molecule has 2 heterocycles. The lowest BCUT2D eigenvalue weighted by atomic mass is 10.1. The Labute approximate surface area is 127 Å². The average molecular weight is 308 g/mol. The summed E-state index contributed by atoms with van der Waals surface area (Å²) >= 11 is 4.93. The number of hydrogen-bond acceptors (Lipinski definition) is 3. The van der Waals surface area contributed by atoms with Gasteiger partial charge in [0, 0.05) is 43.9 Å². The lowest BCUT2D eigenvalue weighted by Gasteiger charge is -2.36. The van der Waals surface area contributed by atoms with Crippen molar-refractivity contribution in [2.24, 2.45) is 5.73 Å². The summed E-state index contributed by atoms with van der Waals surface area (Å²) in [6.45, 7) is 3.31. The fourth-order valence-electron chi connectivity index (χ4n) is 2.90. The van der Waals surface area contributed by atoms with Crippen molar-refractivity contribution in [3.63, 3.8) is 0 Å². The van der Waals surface area contributed by atoms with E-state index in [0.717, 1.165) is 13.1 Å². The molecule has 3 rings (SSSR count). The van der Waals surface area contributed by atoms with Crippen molar-refractivity contribution in [1.29, 1.82) is 0 Å². The predicted octanol–water partition coefficient (Wildman–Crippen LogP) is 0.669. The molecule has 1 atom stereocenters. The molecule has 0 aliphatic carbocycles. The van der Waals surface area contributed by atoms with Crippen LogP contribution in [-0.2, 0) is 6.54 Å². The van der Waals surface area contributed by atoms with Crippen LogP contribution in [-0.4, -0.2) is 53.0 Å². The molecule has 0 saturated carbocycles. The molecule has 0 aromatic heterocycles. The molecule has 0 spiro atoms. The first-order chi connectivity index (χ1) is 10.0. The zero-order valence-corrected chi connectivity index (χ0v) is 12.3. The maximum atomic E-state index is 13.9. The number of halogens is 1. The van der Waals surface area contributed by atoms with Crippen molar-refractivity contribution < 1.29 is 9.18 Å². The van der Waals surface area contributed by atoms with Crippen LogP contribution in [0.2, 0.25) is 0 Å². The lowest BCUT2D eigenvalue weighted by molar-refractivity contribution is 0.116. The van der Waals surface area contributed by atoms with E-state index in [9.17, 15) is 9.18 Å². The summed E-state index contributed by atoms with van der Waals surface area (Å²) in [7, 11) is 0. The van der Waals surface area contributed by atoms with Gasteiger partial charge in [-0.3, -0.25) is 4.90 Å². The number of piperazine rings is 1. The number of thiocarbonyl (C=S) groups is 1. The molecule has 2 fully saturated rings. The Morgan fingerprint density at radius 3 is 3.05 bits per heavy atom. The molecule has 0 bridgehead atoms. The summed E-state index contributed by atoms with van der Waals surface area (Å²) < 4.78 is 13.9. The maximum Gasteiger partial charge on any atom is 0.317 e. The van der Waals surface area contributed by atoms with Crippen LogP contribution in [0, 0.1) is 5.82 Å². The van der Waals surface area contributed by atoms with Gasteiger partial charge < -0.3 is 16.0 Å². The van der Waals surface area contributed by atoms with Gasteiger partial charge >= 0.3 is 6.03 Å². The number of benzene rings is 1. The van der Waals surface area contributed by atoms with Crippen LogP contribution in [0.5, 0.6) is 0 Å². The van der Waals surface area contributed by atoms with Gasteiger partial charge in [0.15, 0.2) is 0 Å². The minimum Gasteiger partial charge on any atom is -0.389 e. The summed E-state index contributed by atoms with van der Waals surface area (Å²) in [4.78, 5) is 15.8. The third-order valence-electron chi connectivity index (χ3n) is 4.04. The predicted molar refractivity (Wildman–Crippen MR) is 81.5 cm³/mol. The Morgan fingerprint density at radius 2 is 2.29 bits per heavy atom. The number of carbonyl (C=O) groups is 1. The molecular weight excluding hydrogens is 291 g/mol. The van der Waals surface area contributed by atoms with Gasteiger partial charge in [-0.2, -0.15) is 0 Å². The average Bonchev–Trinajstić information content (AvgIpc) is 2.82. The highest BCUT2D eigenvalue weighted by Gasteiger charge is 2.35. The topological polar surface area (TPSA) is 61.6 Å². The normalized spacial score (nSPS) is 22.0.